The quantitative estimate of drug-likeness (QED) is 0.839. The topological polar surface area (TPSA) is 37.4 Å². The molecule has 0 bridgehead atoms. The van der Waals surface area contributed by atoms with Crippen LogP contribution in [0.3, 0.4) is 0 Å². The van der Waals surface area contributed by atoms with Crippen molar-refractivity contribution in [1.29, 1.82) is 0 Å². The Morgan fingerprint density at radius 1 is 1.40 bits per heavy atom. The van der Waals surface area contributed by atoms with Crippen LogP contribution in [0.15, 0.2) is 24.3 Å². The van der Waals surface area contributed by atoms with E-state index < -0.39 is 9.84 Å². The van der Waals surface area contributed by atoms with E-state index in [0.29, 0.717) is 12.3 Å². The van der Waals surface area contributed by atoms with Crippen molar-refractivity contribution in [2.24, 2.45) is 5.92 Å². The fourth-order valence-electron chi connectivity index (χ4n) is 3.04. The molecule has 0 aliphatic carbocycles. The third-order valence-electron chi connectivity index (χ3n) is 3.95. The van der Waals surface area contributed by atoms with Crippen molar-refractivity contribution in [2.45, 2.75) is 25.8 Å². The first-order valence-electron chi connectivity index (χ1n) is 7.04. The van der Waals surface area contributed by atoms with Gasteiger partial charge in [0.05, 0.1) is 5.75 Å². The number of rotatable bonds is 5. The van der Waals surface area contributed by atoms with Gasteiger partial charge in [-0.05, 0) is 49.5 Å². The molecule has 1 aliphatic rings. The molecule has 1 saturated heterocycles. The van der Waals surface area contributed by atoms with E-state index >= 15 is 0 Å². The van der Waals surface area contributed by atoms with Crippen LogP contribution >= 0.6 is 0 Å². The standard InChI is InChI=1S/C15H22FNO2S/c1-12-7-9-17(8-4-10-20(2,18)19)15(12)13-5-3-6-14(16)11-13/h3,5-6,11-12,15H,4,7-10H2,1-2H3/t12-,15-/m1/s1. The summed E-state index contributed by atoms with van der Waals surface area (Å²) in [6.45, 7) is 3.87. The lowest BCUT2D eigenvalue weighted by Gasteiger charge is -2.27. The molecular weight excluding hydrogens is 277 g/mol. The van der Waals surface area contributed by atoms with Gasteiger partial charge in [0.25, 0.3) is 0 Å². The maximum absolute atomic E-state index is 13.4. The van der Waals surface area contributed by atoms with Crippen LogP contribution in [0.25, 0.3) is 0 Å². The van der Waals surface area contributed by atoms with Gasteiger partial charge in [0.2, 0.25) is 0 Å². The summed E-state index contributed by atoms with van der Waals surface area (Å²) in [6.07, 6.45) is 2.97. The molecular formula is C15H22FNO2S. The van der Waals surface area contributed by atoms with E-state index in [4.69, 9.17) is 0 Å². The van der Waals surface area contributed by atoms with E-state index in [0.717, 1.165) is 25.1 Å². The molecule has 1 heterocycles. The van der Waals surface area contributed by atoms with Gasteiger partial charge in [-0.2, -0.15) is 0 Å². The third-order valence-corrected chi connectivity index (χ3v) is 4.98. The molecule has 112 valence electrons. The molecule has 1 aromatic carbocycles. The highest BCUT2D eigenvalue weighted by Gasteiger charge is 2.32. The van der Waals surface area contributed by atoms with Crippen molar-refractivity contribution in [2.75, 3.05) is 25.1 Å². The van der Waals surface area contributed by atoms with Gasteiger partial charge in [0.15, 0.2) is 0 Å². The molecule has 0 aromatic heterocycles. The molecule has 1 aliphatic heterocycles. The number of halogens is 1. The minimum Gasteiger partial charge on any atom is -0.296 e. The highest BCUT2D eigenvalue weighted by molar-refractivity contribution is 7.90. The summed E-state index contributed by atoms with van der Waals surface area (Å²) >= 11 is 0. The van der Waals surface area contributed by atoms with Crippen molar-refractivity contribution < 1.29 is 12.8 Å². The number of sulfone groups is 1. The summed E-state index contributed by atoms with van der Waals surface area (Å²) in [5.41, 5.74) is 0.995. The van der Waals surface area contributed by atoms with Gasteiger partial charge in [-0.15, -0.1) is 0 Å². The maximum Gasteiger partial charge on any atom is 0.147 e. The van der Waals surface area contributed by atoms with Crippen LogP contribution in [-0.2, 0) is 9.84 Å². The lowest BCUT2D eigenvalue weighted by molar-refractivity contribution is 0.234. The molecule has 2 rings (SSSR count). The number of hydrogen-bond donors (Lipinski definition) is 0. The smallest absolute Gasteiger partial charge is 0.147 e. The molecule has 3 nitrogen and oxygen atoms in total. The Labute approximate surface area is 120 Å². The fraction of sp³-hybridized carbons (Fsp3) is 0.600. The van der Waals surface area contributed by atoms with Crippen molar-refractivity contribution >= 4 is 9.84 Å². The van der Waals surface area contributed by atoms with Crippen LogP contribution in [0.1, 0.15) is 31.4 Å². The minimum absolute atomic E-state index is 0.199. The van der Waals surface area contributed by atoms with E-state index in [-0.39, 0.29) is 17.6 Å². The van der Waals surface area contributed by atoms with Gasteiger partial charge in [-0.3, -0.25) is 4.90 Å². The van der Waals surface area contributed by atoms with Crippen molar-refractivity contribution in [3.8, 4) is 0 Å². The number of hydrogen-bond acceptors (Lipinski definition) is 3. The van der Waals surface area contributed by atoms with E-state index in [1.807, 2.05) is 6.07 Å². The maximum atomic E-state index is 13.4. The third kappa shape index (κ3) is 4.03. The normalized spacial score (nSPS) is 24.1. The first kappa shape index (κ1) is 15.4. The molecule has 0 saturated carbocycles. The summed E-state index contributed by atoms with van der Waals surface area (Å²) in [5, 5.41) is 0. The predicted molar refractivity (Wildman–Crippen MR) is 78.8 cm³/mol. The first-order chi connectivity index (χ1) is 9.37. The highest BCUT2D eigenvalue weighted by Crippen LogP contribution is 2.37. The van der Waals surface area contributed by atoms with E-state index in [9.17, 15) is 12.8 Å². The zero-order valence-electron chi connectivity index (χ0n) is 12.0. The Hall–Kier alpha value is -0.940. The summed E-state index contributed by atoms with van der Waals surface area (Å²) in [6, 6.07) is 6.95. The Kier molecular flexibility index (Phi) is 4.81. The zero-order chi connectivity index (χ0) is 14.8. The average Bonchev–Trinajstić information content (AvgIpc) is 2.69. The van der Waals surface area contributed by atoms with Gasteiger partial charge in [-0.25, -0.2) is 12.8 Å². The number of likely N-dealkylation sites (tertiary alicyclic amines) is 1. The molecule has 0 N–H and O–H groups in total. The second-order valence-electron chi connectivity index (χ2n) is 5.79. The molecule has 5 heteroatoms. The van der Waals surface area contributed by atoms with Gasteiger partial charge in [0, 0.05) is 12.3 Å². The molecule has 0 spiro atoms. The molecule has 0 unspecified atom stereocenters. The number of nitrogens with zero attached hydrogens (tertiary/aromatic N) is 1. The summed E-state index contributed by atoms with van der Waals surface area (Å²) in [5.74, 6) is 0.473. The predicted octanol–water partition coefficient (Wildman–Crippen LogP) is 2.64. The molecule has 1 aromatic rings. The molecule has 20 heavy (non-hydrogen) atoms. The summed E-state index contributed by atoms with van der Waals surface area (Å²) < 4.78 is 35.8. The van der Waals surface area contributed by atoms with E-state index in [1.54, 1.807) is 12.1 Å². The lowest BCUT2D eigenvalue weighted by Crippen LogP contribution is -2.27. The van der Waals surface area contributed by atoms with Crippen molar-refractivity contribution in [3.05, 3.63) is 35.6 Å². The largest absolute Gasteiger partial charge is 0.296 e. The summed E-state index contributed by atoms with van der Waals surface area (Å²) in [4.78, 5) is 2.28. The van der Waals surface area contributed by atoms with Gasteiger partial charge in [-0.1, -0.05) is 19.1 Å². The van der Waals surface area contributed by atoms with Crippen LogP contribution in [0, 0.1) is 11.7 Å². The SMILES string of the molecule is C[C@@H]1CCN(CCCS(C)(=O)=O)[C@H]1c1cccc(F)c1. The second kappa shape index (κ2) is 6.22. The summed E-state index contributed by atoms with van der Waals surface area (Å²) in [7, 11) is -2.90. The zero-order valence-corrected chi connectivity index (χ0v) is 12.9. The van der Waals surface area contributed by atoms with Crippen molar-refractivity contribution in [3.63, 3.8) is 0 Å². The van der Waals surface area contributed by atoms with Crippen LogP contribution in [0.4, 0.5) is 4.39 Å². The van der Waals surface area contributed by atoms with Crippen LogP contribution in [-0.4, -0.2) is 38.4 Å². The Morgan fingerprint density at radius 3 is 2.80 bits per heavy atom. The van der Waals surface area contributed by atoms with Crippen LogP contribution < -0.4 is 0 Å². The number of benzene rings is 1. The second-order valence-corrected chi connectivity index (χ2v) is 8.04. The van der Waals surface area contributed by atoms with Gasteiger partial charge < -0.3 is 0 Å². The Bertz CT molecular complexity index is 559. The fourth-order valence-corrected chi connectivity index (χ4v) is 3.69. The lowest BCUT2D eigenvalue weighted by atomic mass is 9.95. The Morgan fingerprint density at radius 2 is 2.15 bits per heavy atom. The van der Waals surface area contributed by atoms with Gasteiger partial charge in [0.1, 0.15) is 15.7 Å². The monoisotopic (exact) mass is 299 g/mol. The molecule has 0 radical (unpaired) electrons. The Balaban J connectivity index is 2.05. The van der Waals surface area contributed by atoms with Crippen LogP contribution in [0.5, 0.6) is 0 Å². The van der Waals surface area contributed by atoms with Crippen molar-refractivity contribution in [1.82, 2.24) is 4.90 Å². The minimum atomic E-state index is -2.90. The average molecular weight is 299 g/mol. The molecule has 1 fully saturated rings. The molecule has 2 atom stereocenters. The van der Waals surface area contributed by atoms with Crippen LogP contribution in [0.2, 0.25) is 0 Å². The molecule has 0 amide bonds. The first-order valence-corrected chi connectivity index (χ1v) is 9.10. The highest BCUT2D eigenvalue weighted by atomic mass is 32.2. The van der Waals surface area contributed by atoms with Gasteiger partial charge >= 0.3 is 0 Å². The van der Waals surface area contributed by atoms with E-state index in [1.165, 1.54) is 12.3 Å². The van der Waals surface area contributed by atoms with E-state index in [2.05, 4.69) is 11.8 Å².